The van der Waals surface area contributed by atoms with E-state index in [1.165, 1.54) is 12.1 Å². The molecule has 1 unspecified atom stereocenters. The lowest BCUT2D eigenvalue weighted by Gasteiger charge is -2.04. The molecule has 0 spiro atoms. The van der Waals surface area contributed by atoms with E-state index in [-0.39, 0.29) is 10.6 Å². The number of hydrogen-bond acceptors (Lipinski definition) is 4. The second-order valence-corrected chi connectivity index (χ2v) is 4.20. The first kappa shape index (κ1) is 10.7. The van der Waals surface area contributed by atoms with Gasteiger partial charge < -0.3 is 4.90 Å². The van der Waals surface area contributed by atoms with Crippen molar-refractivity contribution in [1.29, 1.82) is 0 Å². The zero-order valence-electron chi connectivity index (χ0n) is 9.56. The molecule has 18 heavy (non-hydrogen) atoms. The van der Waals surface area contributed by atoms with Gasteiger partial charge in [0.1, 0.15) is 0 Å². The highest BCUT2D eigenvalue weighted by Gasteiger charge is 2.36. The van der Waals surface area contributed by atoms with Crippen LogP contribution in [-0.4, -0.2) is 16.5 Å². The topological polar surface area (TPSA) is 59.0 Å². The summed E-state index contributed by atoms with van der Waals surface area (Å²) in [6.45, 7) is 0.912. The average molecular weight is 241 g/mol. The third-order valence-electron chi connectivity index (χ3n) is 3.03. The third kappa shape index (κ3) is 1.90. The van der Waals surface area contributed by atoms with Crippen LogP contribution in [0.5, 0.6) is 0 Å². The third-order valence-corrected chi connectivity index (χ3v) is 3.03. The monoisotopic (exact) mass is 241 g/mol. The van der Waals surface area contributed by atoms with Crippen molar-refractivity contribution in [2.45, 2.75) is 6.04 Å². The Kier molecular flexibility index (Phi) is 2.44. The van der Waals surface area contributed by atoms with Crippen LogP contribution >= 0.6 is 0 Å². The number of pyridine rings is 1. The van der Waals surface area contributed by atoms with E-state index in [9.17, 15) is 10.1 Å². The maximum atomic E-state index is 10.6. The molecule has 0 amide bonds. The molecule has 1 atom stereocenters. The first-order valence-electron chi connectivity index (χ1n) is 5.68. The van der Waals surface area contributed by atoms with Gasteiger partial charge in [0.05, 0.1) is 16.7 Å². The van der Waals surface area contributed by atoms with Crippen molar-refractivity contribution in [1.82, 2.24) is 4.98 Å². The van der Waals surface area contributed by atoms with Gasteiger partial charge in [-0.3, -0.25) is 15.1 Å². The Hall–Kier alpha value is -2.43. The Labute approximate surface area is 104 Å². The lowest BCUT2D eigenvalue weighted by molar-refractivity contribution is -0.384. The Bertz CT molecular complexity index is 569. The molecule has 1 saturated heterocycles. The van der Waals surface area contributed by atoms with E-state index in [0.29, 0.717) is 6.04 Å². The first-order valence-corrected chi connectivity index (χ1v) is 5.68. The van der Waals surface area contributed by atoms with Crippen molar-refractivity contribution in [3.63, 3.8) is 0 Å². The summed E-state index contributed by atoms with van der Waals surface area (Å²) in [4.78, 5) is 16.6. The van der Waals surface area contributed by atoms with E-state index in [1.807, 2.05) is 18.2 Å². The second kappa shape index (κ2) is 4.10. The number of benzene rings is 1. The predicted octanol–water partition coefficient (Wildman–Crippen LogP) is 2.55. The number of anilines is 1. The SMILES string of the molecule is O=[N+]([O-])c1ccc(N2CC2c2ccccn2)cc1. The molecule has 1 fully saturated rings. The highest BCUT2D eigenvalue weighted by molar-refractivity contribution is 5.57. The Morgan fingerprint density at radius 1 is 1.22 bits per heavy atom. The summed E-state index contributed by atoms with van der Waals surface area (Å²) in [7, 11) is 0. The molecule has 0 saturated carbocycles. The number of non-ortho nitro benzene ring substituents is 1. The van der Waals surface area contributed by atoms with Crippen LogP contribution in [0, 0.1) is 10.1 Å². The lowest BCUT2D eigenvalue weighted by Crippen LogP contribution is -1.96. The lowest BCUT2D eigenvalue weighted by atomic mass is 10.2. The summed E-state index contributed by atoms with van der Waals surface area (Å²) in [6, 6.07) is 12.8. The molecule has 1 aromatic heterocycles. The van der Waals surface area contributed by atoms with Gasteiger partial charge in [-0.2, -0.15) is 0 Å². The minimum atomic E-state index is -0.387. The second-order valence-electron chi connectivity index (χ2n) is 4.20. The van der Waals surface area contributed by atoms with Crippen LogP contribution in [0.2, 0.25) is 0 Å². The largest absolute Gasteiger partial charge is 0.359 e. The van der Waals surface area contributed by atoms with E-state index in [0.717, 1.165) is 17.9 Å². The molecule has 2 heterocycles. The molecule has 0 bridgehead atoms. The number of hydrogen-bond donors (Lipinski definition) is 0. The van der Waals surface area contributed by atoms with Gasteiger partial charge in [0.2, 0.25) is 0 Å². The van der Waals surface area contributed by atoms with Gasteiger partial charge in [-0.15, -0.1) is 0 Å². The highest BCUT2D eigenvalue weighted by atomic mass is 16.6. The van der Waals surface area contributed by atoms with Crippen molar-refractivity contribution in [3.05, 3.63) is 64.5 Å². The zero-order valence-corrected chi connectivity index (χ0v) is 9.56. The van der Waals surface area contributed by atoms with E-state index >= 15 is 0 Å². The minimum absolute atomic E-state index is 0.120. The van der Waals surface area contributed by atoms with Crippen LogP contribution in [0.1, 0.15) is 11.7 Å². The van der Waals surface area contributed by atoms with Crippen LogP contribution in [0.4, 0.5) is 11.4 Å². The van der Waals surface area contributed by atoms with Crippen molar-refractivity contribution < 1.29 is 4.92 Å². The summed E-state index contributed by atoms with van der Waals surface area (Å²) >= 11 is 0. The van der Waals surface area contributed by atoms with Gasteiger partial charge in [-0.1, -0.05) is 6.07 Å². The molecule has 1 aliphatic rings. The molecule has 3 rings (SSSR count). The number of aromatic nitrogens is 1. The van der Waals surface area contributed by atoms with Gasteiger partial charge in [0, 0.05) is 30.6 Å². The Morgan fingerprint density at radius 3 is 2.61 bits per heavy atom. The van der Waals surface area contributed by atoms with Crippen LogP contribution in [0.3, 0.4) is 0 Å². The van der Waals surface area contributed by atoms with E-state index < -0.39 is 0 Å². The van der Waals surface area contributed by atoms with E-state index in [1.54, 1.807) is 18.3 Å². The molecule has 0 aliphatic carbocycles. The van der Waals surface area contributed by atoms with Crippen molar-refractivity contribution in [2.75, 3.05) is 11.4 Å². The molecule has 90 valence electrons. The molecular weight excluding hydrogens is 230 g/mol. The van der Waals surface area contributed by atoms with Gasteiger partial charge in [-0.05, 0) is 24.3 Å². The van der Waals surface area contributed by atoms with Gasteiger partial charge in [0.25, 0.3) is 5.69 Å². The molecule has 0 N–H and O–H groups in total. The first-order chi connectivity index (χ1) is 8.75. The fourth-order valence-corrected chi connectivity index (χ4v) is 2.02. The van der Waals surface area contributed by atoms with Crippen molar-refractivity contribution in [2.24, 2.45) is 0 Å². The number of nitro benzene ring substituents is 1. The van der Waals surface area contributed by atoms with Crippen molar-refractivity contribution in [3.8, 4) is 0 Å². The maximum absolute atomic E-state index is 10.6. The number of nitrogens with zero attached hydrogens (tertiary/aromatic N) is 3. The standard InChI is InChI=1S/C13H11N3O2/c17-16(18)11-6-4-10(5-7-11)15-9-13(15)12-3-1-2-8-14-12/h1-8,13H,9H2. The zero-order chi connectivity index (χ0) is 12.5. The molecular formula is C13H11N3O2. The van der Waals surface area contributed by atoms with Crippen molar-refractivity contribution >= 4 is 11.4 Å². The normalized spacial score (nSPS) is 17.6. The van der Waals surface area contributed by atoms with Gasteiger partial charge in [0.15, 0.2) is 0 Å². The summed E-state index contributed by atoms with van der Waals surface area (Å²) in [5, 5.41) is 10.6. The molecule has 1 aliphatic heterocycles. The van der Waals surface area contributed by atoms with Crippen LogP contribution in [0.25, 0.3) is 0 Å². The Morgan fingerprint density at radius 2 is 2.00 bits per heavy atom. The highest BCUT2D eigenvalue weighted by Crippen LogP contribution is 2.39. The predicted molar refractivity (Wildman–Crippen MR) is 67.4 cm³/mol. The molecule has 0 radical (unpaired) electrons. The summed E-state index contributed by atoms with van der Waals surface area (Å²) in [6.07, 6.45) is 1.78. The fourth-order valence-electron chi connectivity index (χ4n) is 2.02. The summed E-state index contributed by atoms with van der Waals surface area (Å²) in [5.41, 5.74) is 2.15. The number of rotatable bonds is 3. The molecule has 2 aromatic rings. The molecule has 1 aromatic carbocycles. The van der Waals surface area contributed by atoms with E-state index in [2.05, 4.69) is 9.88 Å². The Balaban J connectivity index is 1.77. The summed E-state index contributed by atoms with van der Waals surface area (Å²) < 4.78 is 0. The molecule has 5 heteroatoms. The average Bonchev–Trinajstić information content (AvgIpc) is 3.20. The van der Waals surface area contributed by atoms with Gasteiger partial charge >= 0.3 is 0 Å². The van der Waals surface area contributed by atoms with E-state index in [4.69, 9.17) is 0 Å². The van der Waals surface area contributed by atoms with Crippen LogP contribution in [-0.2, 0) is 0 Å². The summed E-state index contributed by atoms with van der Waals surface area (Å²) in [5.74, 6) is 0. The quantitative estimate of drug-likeness (QED) is 0.470. The maximum Gasteiger partial charge on any atom is 0.269 e. The smallest absolute Gasteiger partial charge is 0.269 e. The fraction of sp³-hybridized carbons (Fsp3) is 0.154. The minimum Gasteiger partial charge on any atom is -0.359 e. The van der Waals surface area contributed by atoms with Gasteiger partial charge in [-0.25, -0.2) is 0 Å². The number of nitro groups is 1. The van der Waals surface area contributed by atoms with Crippen LogP contribution < -0.4 is 4.90 Å². The van der Waals surface area contributed by atoms with Crippen LogP contribution in [0.15, 0.2) is 48.7 Å². The molecule has 5 nitrogen and oxygen atoms in total.